The molecule has 2 rings (SSSR count). The molecular formula is C20H26N2O2. The molecule has 128 valence electrons. The van der Waals surface area contributed by atoms with Gasteiger partial charge in [0.05, 0.1) is 13.7 Å². The van der Waals surface area contributed by atoms with E-state index < -0.39 is 0 Å². The van der Waals surface area contributed by atoms with Gasteiger partial charge >= 0.3 is 0 Å². The first-order valence-electron chi connectivity index (χ1n) is 8.21. The minimum Gasteiger partial charge on any atom is -0.497 e. The molecule has 0 fully saturated rings. The number of methoxy groups -OCH3 is 1. The Bertz CT molecular complexity index is 670. The van der Waals surface area contributed by atoms with Crippen LogP contribution in [0.5, 0.6) is 5.75 Å². The number of aryl methyl sites for hydroxylation is 3. The van der Waals surface area contributed by atoms with E-state index in [1.807, 2.05) is 38.1 Å². The van der Waals surface area contributed by atoms with Crippen LogP contribution in [0.4, 0.5) is 5.69 Å². The van der Waals surface area contributed by atoms with Crippen LogP contribution in [0.3, 0.4) is 0 Å². The van der Waals surface area contributed by atoms with Crippen molar-refractivity contribution in [3.05, 3.63) is 58.7 Å². The SMILES string of the molecule is COc1ccc(CCNCC(=O)Nc2c(C)cc(C)cc2C)cc1. The second kappa shape index (κ2) is 8.50. The summed E-state index contributed by atoms with van der Waals surface area (Å²) in [5, 5.41) is 6.19. The molecule has 0 heterocycles. The van der Waals surface area contributed by atoms with Crippen molar-refractivity contribution in [2.24, 2.45) is 0 Å². The molecule has 0 aromatic heterocycles. The Balaban J connectivity index is 1.77. The molecule has 4 heteroatoms. The molecule has 4 nitrogen and oxygen atoms in total. The third kappa shape index (κ3) is 5.10. The summed E-state index contributed by atoms with van der Waals surface area (Å²) in [6, 6.07) is 12.1. The monoisotopic (exact) mass is 326 g/mol. The van der Waals surface area contributed by atoms with Crippen LogP contribution in [0, 0.1) is 20.8 Å². The predicted octanol–water partition coefficient (Wildman–Crippen LogP) is 3.39. The molecule has 2 aromatic carbocycles. The van der Waals surface area contributed by atoms with Crippen molar-refractivity contribution < 1.29 is 9.53 Å². The summed E-state index contributed by atoms with van der Waals surface area (Å²) < 4.78 is 5.14. The summed E-state index contributed by atoms with van der Waals surface area (Å²) in [4.78, 5) is 12.1. The van der Waals surface area contributed by atoms with Crippen LogP contribution in [-0.2, 0) is 11.2 Å². The maximum Gasteiger partial charge on any atom is 0.238 e. The average Bonchev–Trinajstić information content (AvgIpc) is 2.55. The van der Waals surface area contributed by atoms with Gasteiger partial charge in [-0.1, -0.05) is 29.8 Å². The van der Waals surface area contributed by atoms with Crippen LogP contribution in [0.2, 0.25) is 0 Å². The first kappa shape index (κ1) is 18.0. The number of hydrogen-bond donors (Lipinski definition) is 2. The van der Waals surface area contributed by atoms with Gasteiger partial charge < -0.3 is 15.4 Å². The van der Waals surface area contributed by atoms with Crippen LogP contribution in [0.15, 0.2) is 36.4 Å². The van der Waals surface area contributed by atoms with E-state index in [4.69, 9.17) is 4.74 Å². The Hall–Kier alpha value is -2.33. The fourth-order valence-electron chi connectivity index (χ4n) is 2.79. The second-order valence-corrected chi connectivity index (χ2v) is 6.10. The number of anilines is 1. The number of amides is 1. The fourth-order valence-corrected chi connectivity index (χ4v) is 2.79. The predicted molar refractivity (Wildman–Crippen MR) is 98.9 cm³/mol. The smallest absolute Gasteiger partial charge is 0.238 e. The summed E-state index contributed by atoms with van der Waals surface area (Å²) >= 11 is 0. The summed E-state index contributed by atoms with van der Waals surface area (Å²) in [7, 11) is 1.66. The third-order valence-electron chi connectivity index (χ3n) is 3.98. The third-order valence-corrected chi connectivity index (χ3v) is 3.98. The Morgan fingerprint density at radius 3 is 2.25 bits per heavy atom. The van der Waals surface area contributed by atoms with Gasteiger partial charge in [-0.05, 0) is 62.6 Å². The lowest BCUT2D eigenvalue weighted by Crippen LogP contribution is -2.30. The van der Waals surface area contributed by atoms with Crippen molar-refractivity contribution >= 4 is 11.6 Å². The van der Waals surface area contributed by atoms with Crippen LogP contribution >= 0.6 is 0 Å². The summed E-state index contributed by atoms with van der Waals surface area (Å²) in [5.41, 5.74) is 5.54. The van der Waals surface area contributed by atoms with Crippen molar-refractivity contribution in [2.75, 3.05) is 25.5 Å². The van der Waals surface area contributed by atoms with E-state index in [-0.39, 0.29) is 5.91 Å². The van der Waals surface area contributed by atoms with Gasteiger partial charge in [0.2, 0.25) is 5.91 Å². The largest absolute Gasteiger partial charge is 0.497 e. The number of benzene rings is 2. The molecule has 0 radical (unpaired) electrons. The number of carbonyl (C=O) groups excluding carboxylic acids is 1. The van der Waals surface area contributed by atoms with Gasteiger partial charge in [-0.15, -0.1) is 0 Å². The molecule has 0 saturated carbocycles. The minimum absolute atomic E-state index is 0.0141. The number of carbonyl (C=O) groups is 1. The van der Waals surface area contributed by atoms with Crippen molar-refractivity contribution in [3.63, 3.8) is 0 Å². The van der Waals surface area contributed by atoms with Gasteiger partial charge in [-0.25, -0.2) is 0 Å². The molecule has 2 N–H and O–H groups in total. The summed E-state index contributed by atoms with van der Waals surface area (Å²) in [6.07, 6.45) is 0.875. The van der Waals surface area contributed by atoms with E-state index in [0.717, 1.165) is 35.5 Å². The zero-order valence-electron chi connectivity index (χ0n) is 14.9. The fraction of sp³-hybridized carbons (Fsp3) is 0.350. The molecule has 0 aliphatic heterocycles. The Morgan fingerprint density at radius 1 is 1.04 bits per heavy atom. The van der Waals surface area contributed by atoms with Crippen molar-refractivity contribution in [1.82, 2.24) is 5.32 Å². The standard InChI is InChI=1S/C20H26N2O2/c1-14-11-15(2)20(16(3)12-14)22-19(23)13-21-10-9-17-5-7-18(24-4)8-6-17/h5-8,11-12,21H,9-10,13H2,1-4H3,(H,22,23). The topological polar surface area (TPSA) is 50.4 Å². The van der Waals surface area contributed by atoms with Crippen LogP contribution in [-0.4, -0.2) is 26.1 Å². The molecule has 0 aliphatic carbocycles. The van der Waals surface area contributed by atoms with Gasteiger partial charge in [0.15, 0.2) is 0 Å². The first-order chi connectivity index (χ1) is 11.5. The zero-order valence-corrected chi connectivity index (χ0v) is 14.9. The van der Waals surface area contributed by atoms with Crippen LogP contribution < -0.4 is 15.4 Å². The number of ether oxygens (including phenoxy) is 1. The highest BCUT2D eigenvalue weighted by Crippen LogP contribution is 2.21. The van der Waals surface area contributed by atoms with Gasteiger partial charge in [0.1, 0.15) is 5.75 Å². The minimum atomic E-state index is -0.0141. The Morgan fingerprint density at radius 2 is 1.67 bits per heavy atom. The number of rotatable bonds is 7. The Kier molecular flexibility index (Phi) is 6.38. The quantitative estimate of drug-likeness (QED) is 0.767. The highest BCUT2D eigenvalue weighted by molar-refractivity contribution is 5.93. The maximum absolute atomic E-state index is 12.1. The van der Waals surface area contributed by atoms with E-state index in [2.05, 4.69) is 29.7 Å². The molecular weight excluding hydrogens is 300 g/mol. The van der Waals surface area contributed by atoms with Crippen molar-refractivity contribution in [3.8, 4) is 5.75 Å². The molecule has 0 spiro atoms. The van der Waals surface area contributed by atoms with E-state index in [0.29, 0.717) is 6.54 Å². The van der Waals surface area contributed by atoms with E-state index in [9.17, 15) is 4.79 Å². The number of hydrogen-bond acceptors (Lipinski definition) is 3. The second-order valence-electron chi connectivity index (χ2n) is 6.10. The average molecular weight is 326 g/mol. The molecule has 0 unspecified atom stereocenters. The highest BCUT2D eigenvalue weighted by Gasteiger charge is 2.08. The van der Waals surface area contributed by atoms with Crippen molar-refractivity contribution in [1.29, 1.82) is 0 Å². The summed E-state index contributed by atoms with van der Waals surface area (Å²) in [5.74, 6) is 0.842. The lowest BCUT2D eigenvalue weighted by Gasteiger charge is -2.13. The molecule has 0 bridgehead atoms. The maximum atomic E-state index is 12.1. The normalized spacial score (nSPS) is 10.5. The van der Waals surface area contributed by atoms with E-state index in [1.165, 1.54) is 11.1 Å². The first-order valence-corrected chi connectivity index (χ1v) is 8.21. The molecule has 24 heavy (non-hydrogen) atoms. The zero-order chi connectivity index (χ0) is 17.5. The van der Waals surface area contributed by atoms with Gasteiger partial charge in [0, 0.05) is 5.69 Å². The molecule has 0 atom stereocenters. The van der Waals surface area contributed by atoms with Gasteiger partial charge in [0.25, 0.3) is 0 Å². The van der Waals surface area contributed by atoms with E-state index in [1.54, 1.807) is 7.11 Å². The van der Waals surface area contributed by atoms with Crippen LogP contribution in [0.25, 0.3) is 0 Å². The number of nitrogens with one attached hydrogen (secondary N) is 2. The molecule has 2 aromatic rings. The van der Waals surface area contributed by atoms with Gasteiger partial charge in [-0.2, -0.15) is 0 Å². The van der Waals surface area contributed by atoms with Gasteiger partial charge in [-0.3, -0.25) is 4.79 Å². The molecule has 0 saturated heterocycles. The Labute approximate surface area is 144 Å². The van der Waals surface area contributed by atoms with E-state index >= 15 is 0 Å². The highest BCUT2D eigenvalue weighted by atomic mass is 16.5. The van der Waals surface area contributed by atoms with Crippen molar-refractivity contribution in [2.45, 2.75) is 27.2 Å². The van der Waals surface area contributed by atoms with Crippen LogP contribution in [0.1, 0.15) is 22.3 Å². The lowest BCUT2D eigenvalue weighted by molar-refractivity contribution is -0.115. The molecule has 0 aliphatic rings. The molecule has 1 amide bonds. The lowest BCUT2D eigenvalue weighted by atomic mass is 10.1. The summed E-state index contributed by atoms with van der Waals surface area (Å²) in [6.45, 7) is 7.17.